The van der Waals surface area contributed by atoms with Crippen LogP contribution in [0.5, 0.6) is 0 Å². The van der Waals surface area contributed by atoms with E-state index in [1.54, 1.807) is 0 Å². The van der Waals surface area contributed by atoms with Crippen LogP contribution in [0.1, 0.15) is 45.4 Å². The SMILES string of the molecule is COC(=O)C1CCN1C1(C)CCCCC1. The summed E-state index contributed by atoms with van der Waals surface area (Å²) < 4.78 is 4.84. The molecule has 2 aliphatic rings. The Bertz CT molecular complexity index is 246. The lowest BCUT2D eigenvalue weighted by atomic mass is 9.78. The summed E-state index contributed by atoms with van der Waals surface area (Å²) >= 11 is 0. The van der Waals surface area contributed by atoms with Gasteiger partial charge in [-0.2, -0.15) is 0 Å². The molecule has 0 aromatic carbocycles. The van der Waals surface area contributed by atoms with E-state index >= 15 is 0 Å². The fourth-order valence-electron chi connectivity index (χ4n) is 3.02. The summed E-state index contributed by atoms with van der Waals surface area (Å²) in [6.07, 6.45) is 7.41. The van der Waals surface area contributed by atoms with E-state index in [9.17, 15) is 4.79 Å². The average Bonchev–Trinajstić information content (AvgIpc) is 2.16. The van der Waals surface area contributed by atoms with Crippen molar-refractivity contribution in [1.82, 2.24) is 4.90 Å². The van der Waals surface area contributed by atoms with Gasteiger partial charge < -0.3 is 4.74 Å². The second kappa shape index (κ2) is 4.12. The number of likely N-dealkylation sites (tertiary alicyclic amines) is 1. The highest BCUT2D eigenvalue weighted by Crippen LogP contribution is 2.39. The minimum absolute atomic E-state index is 0.0399. The maximum atomic E-state index is 11.5. The van der Waals surface area contributed by atoms with E-state index in [-0.39, 0.29) is 17.6 Å². The van der Waals surface area contributed by atoms with Crippen LogP contribution in [-0.2, 0) is 9.53 Å². The molecule has 1 saturated heterocycles. The molecule has 0 aromatic heterocycles. The summed E-state index contributed by atoms with van der Waals surface area (Å²) in [5.74, 6) is -0.0481. The monoisotopic (exact) mass is 211 g/mol. The van der Waals surface area contributed by atoms with Gasteiger partial charge >= 0.3 is 5.97 Å². The molecule has 0 bridgehead atoms. The van der Waals surface area contributed by atoms with Crippen molar-refractivity contribution in [2.24, 2.45) is 0 Å². The first-order valence-corrected chi connectivity index (χ1v) is 6.02. The smallest absolute Gasteiger partial charge is 0.323 e. The van der Waals surface area contributed by atoms with Crippen LogP contribution >= 0.6 is 0 Å². The number of ether oxygens (including phenoxy) is 1. The van der Waals surface area contributed by atoms with Crippen molar-refractivity contribution in [3.8, 4) is 0 Å². The maximum absolute atomic E-state index is 11.5. The molecule has 15 heavy (non-hydrogen) atoms. The molecule has 1 unspecified atom stereocenters. The van der Waals surface area contributed by atoms with Crippen LogP contribution in [0.3, 0.4) is 0 Å². The van der Waals surface area contributed by atoms with E-state index in [0.717, 1.165) is 13.0 Å². The van der Waals surface area contributed by atoms with Crippen LogP contribution in [0.2, 0.25) is 0 Å². The van der Waals surface area contributed by atoms with E-state index in [1.807, 2.05) is 0 Å². The number of rotatable bonds is 2. The summed E-state index contributed by atoms with van der Waals surface area (Å²) in [6.45, 7) is 3.37. The maximum Gasteiger partial charge on any atom is 0.323 e. The lowest BCUT2D eigenvalue weighted by Crippen LogP contribution is -2.63. The molecule has 0 spiro atoms. The molecule has 1 aliphatic carbocycles. The number of methoxy groups -OCH3 is 1. The molecule has 1 heterocycles. The van der Waals surface area contributed by atoms with E-state index < -0.39 is 0 Å². The number of esters is 1. The Balaban J connectivity index is 2.00. The summed E-state index contributed by atoms with van der Waals surface area (Å²) in [4.78, 5) is 13.9. The fraction of sp³-hybridized carbons (Fsp3) is 0.917. The van der Waals surface area contributed by atoms with Crippen LogP contribution in [-0.4, -0.2) is 36.1 Å². The van der Waals surface area contributed by atoms with Gasteiger partial charge in [0.05, 0.1) is 7.11 Å². The Morgan fingerprint density at radius 2 is 2.00 bits per heavy atom. The first-order chi connectivity index (χ1) is 7.17. The van der Waals surface area contributed by atoms with Crippen molar-refractivity contribution in [2.75, 3.05) is 13.7 Å². The minimum atomic E-state index is -0.0481. The number of hydrogen-bond donors (Lipinski definition) is 0. The van der Waals surface area contributed by atoms with E-state index in [1.165, 1.54) is 39.2 Å². The Morgan fingerprint density at radius 3 is 2.47 bits per heavy atom. The van der Waals surface area contributed by atoms with Crippen LogP contribution < -0.4 is 0 Å². The molecule has 0 radical (unpaired) electrons. The van der Waals surface area contributed by atoms with Gasteiger partial charge in [0.25, 0.3) is 0 Å². The summed E-state index contributed by atoms with van der Waals surface area (Å²) in [5, 5.41) is 0. The van der Waals surface area contributed by atoms with Gasteiger partial charge in [-0.3, -0.25) is 9.69 Å². The molecule has 3 nitrogen and oxygen atoms in total. The quantitative estimate of drug-likeness (QED) is 0.654. The van der Waals surface area contributed by atoms with E-state index in [4.69, 9.17) is 4.74 Å². The lowest BCUT2D eigenvalue weighted by molar-refractivity contribution is -0.158. The first kappa shape index (κ1) is 10.9. The van der Waals surface area contributed by atoms with Crippen LogP contribution in [0.15, 0.2) is 0 Å². The third-order valence-electron chi connectivity index (χ3n) is 4.12. The zero-order valence-corrected chi connectivity index (χ0v) is 9.79. The molecular weight excluding hydrogens is 190 g/mol. The van der Waals surface area contributed by atoms with Crippen molar-refractivity contribution in [3.05, 3.63) is 0 Å². The highest BCUT2D eigenvalue weighted by Gasteiger charge is 2.45. The van der Waals surface area contributed by atoms with Crippen LogP contribution in [0.25, 0.3) is 0 Å². The molecular formula is C12H21NO2. The molecule has 2 fully saturated rings. The van der Waals surface area contributed by atoms with Gasteiger partial charge in [0.15, 0.2) is 0 Å². The molecule has 3 heteroatoms. The van der Waals surface area contributed by atoms with Gasteiger partial charge in [0, 0.05) is 12.1 Å². The summed E-state index contributed by atoms with van der Waals surface area (Å²) in [7, 11) is 1.49. The number of carbonyl (C=O) groups excluding carboxylic acids is 1. The topological polar surface area (TPSA) is 29.5 Å². The van der Waals surface area contributed by atoms with Crippen molar-refractivity contribution in [2.45, 2.75) is 57.0 Å². The highest BCUT2D eigenvalue weighted by molar-refractivity contribution is 5.76. The van der Waals surface area contributed by atoms with Gasteiger partial charge in [-0.05, 0) is 26.2 Å². The van der Waals surface area contributed by atoms with Crippen molar-refractivity contribution in [1.29, 1.82) is 0 Å². The van der Waals surface area contributed by atoms with Gasteiger partial charge in [-0.25, -0.2) is 0 Å². The standard InChI is InChI=1S/C12H21NO2/c1-12(7-4-3-5-8-12)13-9-6-10(13)11(14)15-2/h10H,3-9H2,1-2H3. The van der Waals surface area contributed by atoms with Crippen molar-refractivity contribution >= 4 is 5.97 Å². The second-order valence-electron chi connectivity index (χ2n) is 5.08. The molecule has 86 valence electrons. The third kappa shape index (κ3) is 1.89. The zero-order chi connectivity index (χ0) is 10.9. The Morgan fingerprint density at radius 1 is 1.33 bits per heavy atom. The molecule has 0 amide bonds. The predicted molar refractivity (Wildman–Crippen MR) is 58.6 cm³/mol. The second-order valence-corrected chi connectivity index (χ2v) is 5.08. The lowest BCUT2D eigenvalue weighted by Gasteiger charge is -2.52. The number of carbonyl (C=O) groups is 1. The van der Waals surface area contributed by atoms with Gasteiger partial charge in [0.1, 0.15) is 6.04 Å². The summed E-state index contributed by atoms with van der Waals surface area (Å²) in [5.41, 5.74) is 0.259. The summed E-state index contributed by atoms with van der Waals surface area (Å²) in [6, 6.07) is 0.0399. The Hall–Kier alpha value is -0.570. The fourth-order valence-corrected chi connectivity index (χ4v) is 3.02. The van der Waals surface area contributed by atoms with Crippen LogP contribution in [0.4, 0.5) is 0 Å². The average molecular weight is 211 g/mol. The van der Waals surface area contributed by atoms with Crippen LogP contribution in [0, 0.1) is 0 Å². The normalized spacial score (nSPS) is 30.7. The molecule has 1 saturated carbocycles. The van der Waals surface area contributed by atoms with E-state index in [0.29, 0.717) is 0 Å². The number of nitrogens with zero attached hydrogens (tertiary/aromatic N) is 1. The predicted octanol–water partition coefficient (Wildman–Crippen LogP) is 1.96. The third-order valence-corrected chi connectivity index (χ3v) is 4.12. The van der Waals surface area contributed by atoms with Crippen molar-refractivity contribution < 1.29 is 9.53 Å². The Kier molecular flexibility index (Phi) is 3.01. The Labute approximate surface area is 91.8 Å². The largest absolute Gasteiger partial charge is 0.468 e. The molecule has 2 rings (SSSR count). The van der Waals surface area contributed by atoms with Gasteiger partial charge in [0.2, 0.25) is 0 Å². The zero-order valence-electron chi connectivity index (χ0n) is 9.79. The highest BCUT2D eigenvalue weighted by atomic mass is 16.5. The van der Waals surface area contributed by atoms with E-state index in [2.05, 4.69) is 11.8 Å². The molecule has 1 aliphatic heterocycles. The van der Waals surface area contributed by atoms with Gasteiger partial charge in [-0.15, -0.1) is 0 Å². The van der Waals surface area contributed by atoms with Crippen molar-refractivity contribution in [3.63, 3.8) is 0 Å². The molecule has 0 N–H and O–H groups in total. The number of hydrogen-bond acceptors (Lipinski definition) is 3. The molecule has 1 atom stereocenters. The van der Waals surface area contributed by atoms with Gasteiger partial charge in [-0.1, -0.05) is 19.3 Å². The molecule has 0 aromatic rings. The first-order valence-electron chi connectivity index (χ1n) is 6.02. The minimum Gasteiger partial charge on any atom is -0.468 e.